The van der Waals surface area contributed by atoms with E-state index in [0.29, 0.717) is 10.6 Å². The number of guanidine groups is 1. The first-order chi connectivity index (χ1) is 12.9. The number of carbonyl (C=O) groups excluding carboxylic acids is 1. The van der Waals surface area contributed by atoms with Gasteiger partial charge in [0.1, 0.15) is 5.82 Å². The zero-order valence-electron chi connectivity index (χ0n) is 16.1. The summed E-state index contributed by atoms with van der Waals surface area (Å²) in [4.78, 5) is 18.3. The molecule has 1 aromatic carbocycles. The zero-order valence-corrected chi connectivity index (χ0v) is 16.9. The van der Waals surface area contributed by atoms with E-state index in [1.54, 1.807) is 19.2 Å². The van der Waals surface area contributed by atoms with Crippen molar-refractivity contribution in [2.75, 3.05) is 20.1 Å². The number of carbonyl (C=O) groups is 1. The Labute approximate surface area is 165 Å². The van der Waals surface area contributed by atoms with Gasteiger partial charge in [-0.1, -0.05) is 31.5 Å². The average molecular weight is 395 g/mol. The molecule has 1 amide bonds. The van der Waals surface area contributed by atoms with E-state index >= 15 is 0 Å². The van der Waals surface area contributed by atoms with E-state index in [4.69, 9.17) is 11.6 Å². The van der Waals surface area contributed by atoms with Crippen molar-refractivity contribution in [3.63, 3.8) is 0 Å². The Morgan fingerprint density at radius 1 is 1.30 bits per heavy atom. The minimum Gasteiger partial charge on any atom is -0.354 e. The summed E-state index contributed by atoms with van der Waals surface area (Å²) in [6.07, 6.45) is 2.63. The summed E-state index contributed by atoms with van der Waals surface area (Å²) in [5.41, 5.74) is 0.590. The SMILES string of the molecule is CN=C(NC1CCN(C(=O)C(C)C)CC1)NC1CC1c1c(F)cccc1Cl. The second-order valence-electron chi connectivity index (χ2n) is 7.70. The Morgan fingerprint density at radius 3 is 2.59 bits per heavy atom. The Hall–Kier alpha value is -1.82. The number of nitrogens with one attached hydrogen (secondary N) is 2. The van der Waals surface area contributed by atoms with Gasteiger partial charge < -0.3 is 15.5 Å². The van der Waals surface area contributed by atoms with E-state index in [-0.39, 0.29) is 35.6 Å². The first-order valence-electron chi connectivity index (χ1n) is 9.63. The summed E-state index contributed by atoms with van der Waals surface area (Å²) >= 11 is 6.17. The van der Waals surface area contributed by atoms with Crippen LogP contribution in [0.3, 0.4) is 0 Å². The number of likely N-dealkylation sites (tertiary alicyclic amines) is 1. The third kappa shape index (κ3) is 4.72. The zero-order chi connectivity index (χ0) is 19.6. The highest BCUT2D eigenvalue weighted by Crippen LogP contribution is 2.44. The first-order valence-corrected chi connectivity index (χ1v) is 10.0. The van der Waals surface area contributed by atoms with Gasteiger partial charge in [0.15, 0.2) is 5.96 Å². The van der Waals surface area contributed by atoms with Gasteiger partial charge in [-0.05, 0) is 31.4 Å². The molecule has 2 N–H and O–H groups in total. The molecule has 0 spiro atoms. The minimum absolute atomic E-state index is 0.0425. The lowest BCUT2D eigenvalue weighted by Crippen LogP contribution is -2.50. The van der Waals surface area contributed by atoms with Crippen molar-refractivity contribution < 1.29 is 9.18 Å². The van der Waals surface area contributed by atoms with Crippen molar-refractivity contribution >= 4 is 23.5 Å². The molecule has 0 bridgehead atoms. The molecule has 1 aliphatic carbocycles. The van der Waals surface area contributed by atoms with E-state index in [0.717, 1.165) is 38.3 Å². The number of benzene rings is 1. The monoisotopic (exact) mass is 394 g/mol. The number of halogens is 2. The molecule has 2 aliphatic rings. The third-order valence-corrected chi connectivity index (χ3v) is 5.68. The highest BCUT2D eigenvalue weighted by atomic mass is 35.5. The van der Waals surface area contributed by atoms with Crippen LogP contribution < -0.4 is 10.6 Å². The number of hydrogen-bond donors (Lipinski definition) is 2. The van der Waals surface area contributed by atoms with Gasteiger partial charge in [0.05, 0.1) is 0 Å². The molecule has 7 heteroatoms. The van der Waals surface area contributed by atoms with Crippen molar-refractivity contribution in [1.82, 2.24) is 15.5 Å². The summed E-state index contributed by atoms with van der Waals surface area (Å²) in [6, 6.07) is 5.22. The standard InChI is InChI=1S/C20H28ClFN4O/c1-12(2)19(27)26-9-7-13(8-10-26)24-20(23-3)25-17-11-14(17)18-15(21)5-4-6-16(18)22/h4-6,12-14,17H,7-11H2,1-3H3,(H2,23,24,25). The molecule has 27 heavy (non-hydrogen) atoms. The van der Waals surface area contributed by atoms with Crippen molar-refractivity contribution in [3.8, 4) is 0 Å². The van der Waals surface area contributed by atoms with Crippen molar-refractivity contribution in [2.45, 2.75) is 51.1 Å². The van der Waals surface area contributed by atoms with Gasteiger partial charge in [0, 0.05) is 54.6 Å². The maximum atomic E-state index is 14.1. The number of hydrogen-bond acceptors (Lipinski definition) is 2. The number of amides is 1. The van der Waals surface area contributed by atoms with E-state index in [2.05, 4.69) is 15.6 Å². The van der Waals surface area contributed by atoms with Crippen LogP contribution in [0.15, 0.2) is 23.2 Å². The highest BCUT2D eigenvalue weighted by Gasteiger charge is 2.42. The van der Waals surface area contributed by atoms with Gasteiger partial charge >= 0.3 is 0 Å². The third-order valence-electron chi connectivity index (χ3n) is 5.35. The van der Waals surface area contributed by atoms with Crippen LogP contribution in [0.25, 0.3) is 0 Å². The number of nitrogens with zero attached hydrogens (tertiary/aromatic N) is 2. The first kappa shape index (κ1) is 19.9. The summed E-state index contributed by atoms with van der Waals surface area (Å²) < 4.78 is 14.1. The number of rotatable bonds is 4. The van der Waals surface area contributed by atoms with Gasteiger partial charge in [-0.3, -0.25) is 9.79 Å². The molecule has 0 radical (unpaired) electrons. The normalized spacial score (nSPS) is 23.5. The second-order valence-corrected chi connectivity index (χ2v) is 8.11. The molecular weight excluding hydrogens is 367 g/mol. The Balaban J connectivity index is 1.50. The topological polar surface area (TPSA) is 56.7 Å². The molecule has 148 valence electrons. The highest BCUT2D eigenvalue weighted by molar-refractivity contribution is 6.31. The number of piperidine rings is 1. The molecule has 0 aromatic heterocycles. The van der Waals surface area contributed by atoms with Crippen LogP contribution in [0.5, 0.6) is 0 Å². The molecule has 2 unspecified atom stereocenters. The van der Waals surface area contributed by atoms with Crippen LogP contribution in [0.1, 0.15) is 44.6 Å². The lowest BCUT2D eigenvalue weighted by Gasteiger charge is -2.34. The molecule has 2 atom stereocenters. The molecular formula is C20H28ClFN4O. The van der Waals surface area contributed by atoms with Crippen molar-refractivity contribution in [1.29, 1.82) is 0 Å². The molecule has 1 aromatic rings. The fourth-order valence-corrected chi connectivity index (χ4v) is 3.99. The van der Waals surface area contributed by atoms with Crippen LogP contribution in [-0.4, -0.2) is 49.0 Å². The van der Waals surface area contributed by atoms with Crippen LogP contribution >= 0.6 is 11.6 Å². The Morgan fingerprint density at radius 2 is 2.00 bits per heavy atom. The van der Waals surface area contributed by atoms with Gasteiger partial charge in [-0.2, -0.15) is 0 Å². The van der Waals surface area contributed by atoms with E-state index in [9.17, 15) is 9.18 Å². The summed E-state index contributed by atoms with van der Waals surface area (Å²) in [7, 11) is 1.74. The minimum atomic E-state index is -0.248. The summed E-state index contributed by atoms with van der Waals surface area (Å²) in [5.74, 6) is 0.813. The fraction of sp³-hybridized carbons (Fsp3) is 0.600. The van der Waals surface area contributed by atoms with Gasteiger partial charge in [-0.15, -0.1) is 0 Å². The van der Waals surface area contributed by atoms with E-state index in [1.165, 1.54) is 6.07 Å². The van der Waals surface area contributed by atoms with Gasteiger partial charge in [-0.25, -0.2) is 4.39 Å². The Kier molecular flexibility index (Phi) is 6.25. The van der Waals surface area contributed by atoms with Crippen LogP contribution in [0, 0.1) is 11.7 Å². The van der Waals surface area contributed by atoms with E-state index in [1.807, 2.05) is 18.7 Å². The lowest BCUT2D eigenvalue weighted by molar-refractivity contribution is -0.135. The maximum absolute atomic E-state index is 14.1. The van der Waals surface area contributed by atoms with Crippen molar-refractivity contribution in [3.05, 3.63) is 34.6 Å². The number of aliphatic imine (C=N–C) groups is 1. The molecule has 1 aliphatic heterocycles. The fourth-order valence-electron chi connectivity index (χ4n) is 3.69. The van der Waals surface area contributed by atoms with Gasteiger partial charge in [0.25, 0.3) is 0 Å². The molecule has 1 saturated carbocycles. The summed E-state index contributed by atoms with van der Waals surface area (Å²) in [6.45, 7) is 5.41. The predicted molar refractivity (Wildman–Crippen MR) is 107 cm³/mol. The quantitative estimate of drug-likeness (QED) is 0.609. The van der Waals surface area contributed by atoms with Crippen LogP contribution in [-0.2, 0) is 4.79 Å². The van der Waals surface area contributed by atoms with Crippen LogP contribution in [0.2, 0.25) is 5.02 Å². The second kappa shape index (κ2) is 8.46. The smallest absolute Gasteiger partial charge is 0.225 e. The Bertz CT molecular complexity index is 696. The maximum Gasteiger partial charge on any atom is 0.225 e. The van der Waals surface area contributed by atoms with Crippen molar-refractivity contribution in [2.24, 2.45) is 10.9 Å². The molecule has 5 nitrogen and oxygen atoms in total. The van der Waals surface area contributed by atoms with Crippen LogP contribution in [0.4, 0.5) is 4.39 Å². The molecule has 1 saturated heterocycles. The molecule has 2 fully saturated rings. The molecule has 1 heterocycles. The molecule has 3 rings (SSSR count). The average Bonchev–Trinajstić information content (AvgIpc) is 3.39. The predicted octanol–water partition coefficient (Wildman–Crippen LogP) is 3.15. The van der Waals surface area contributed by atoms with E-state index < -0.39 is 0 Å². The largest absolute Gasteiger partial charge is 0.354 e. The summed E-state index contributed by atoms with van der Waals surface area (Å²) in [5, 5.41) is 7.30. The van der Waals surface area contributed by atoms with Gasteiger partial charge in [0.2, 0.25) is 5.91 Å². The lowest BCUT2D eigenvalue weighted by atomic mass is 10.0.